The summed E-state index contributed by atoms with van der Waals surface area (Å²) < 4.78 is 2.18. The molecule has 1 unspecified atom stereocenters. The lowest BCUT2D eigenvalue weighted by Crippen LogP contribution is -2.24. The number of hydrogen-bond acceptors (Lipinski definition) is 3. The summed E-state index contributed by atoms with van der Waals surface area (Å²) >= 11 is 0. The van der Waals surface area contributed by atoms with Gasteiger partial charge in [0, 0.05) is 31.9 Å². The first-order valence-electron chi connectivity index (χ1n) is 7.33. The number of nitrogens with zero attached hydrogens (tertiary/aromatic N) is 3. The first-order valence-corrected chi connectivity index (χ1v) is 7.33. The molecular formula is C17H20N4. The van der Waals surface area contributed by atoms with E-state index in [0.717, 1.165) is 24.3 Å². The Bertz CT molecular complexity index is 718. The Hall–Kier alpha value is -2.20. The number of benzene rings is 1. The van der Waals surface area contributed by atoms with Gasteiger partial charge in [-0.15, -0.1) is 0 Å². The van der Waals surface area contributed by atoms with E-state index in [1.165, 1.54) is 11.1 Å². The van der Waals surface area contributed by atoms with Crippen molar-refractivity contribution in [2.75, 3.05) is 6.54 Å². The van der Waals surface area contributed by atoms with Crippen molar-refractivity contribution in [1.29, 1.82) is 0 Å². The van der Waals surface area contributed by atoms with E-state index in [4.69, 9.17) is 4.98 Å². The fourth-order valence-corrected chi connectivity index (χ4v) is 2.70. The van der Waals surface area contributed by atoms with Crippen LogP contribution >= 0.6 is 0 Å². The summed E-state index contributed by atoms with van der Waals surface area (Å²) in [6.45, 7) is 3.04. The zero-order valence-electron chi connectivity index (χ0n) is 12.5. The molecule has 0 amide bonds. The molecule has 3 aromatic rings. The van der Waals surface area contributed by atoms with Crippen LogP contribution in [0.1, 0.15) is 24.4 Å². The van der Waals surface area contributed by atoms with Crippen LogP contribution in [-0.4, -0.2) is 21.1 Å². The van der Waals surface area contributed by atoms with Gasteiger partial charge in [0.1, 0.15) is 5.82 Å². The molecule has 21 heavy (non-hydrogen) atoms. The Morgan fingerprint density at radius 1 is 1.19 bits per heavy atom. The lowest BCUT2D eigenvalue weighted by Gasteiger charge is -2.17. The SMILES string of the molecule is CCNC(Cc1nc2ccccc2n1C)c1cccnc1. The molecule has 1 aromatic carbocycles. The fraction of sp³-hybridized carbons (Fsp3) is 0.294. The largest absolute Gasteiger partial charge is 0.331 e. The van der Waals surface area contributed by atoms with E-state index in [1.807, 2.05) is 24.5 Å². The second kappa shape index (κ2) is 6.06. The van der Waals surface area contributed by atoms with Crippen molar-refractivity contribution >= 4 is 11.0 Å². The van der Waals surface area contributed by atoms with Crippen molar-refractivity contribution in [1.82, 2.24) is 19.9 Å². The first-order chi connectivity index (χ1) is 10.3. The quantitative estimate of drug-likeness (QED) is 0.781. The van der Waals surface area contributed by atoms with Crippen molar-refractivity contribution < 1.29 is 0 Å². The van der Waals surface area contributed by atoms with E-state index in [-0.39, 0.29) is 6.04 Å². The van der Waals surface area contributed by atoms with Crippen LogP contribution in [0.15, 0.2) is 48.8 Å². The molecule has 0 aliphatic heterocycles. The zero-order valence-corrected chi connectivity index (χ0v) is 12.5. The summed E-state index contributed by atoms with van der Waals surface area (Å²) in [7, 11) is 2.08. The zero-order chi connectivity index (χ0) is 14.7. The minimum Gasteiger partial charge on any atom is -0.331 e. The average Bonchev–Trinajstić information content (AvgIpc) is 2.84. The van der Waals surface area contributed by atoms with Gasteiger partial charge in [0.2, 0.25) is 0 Å². The smallest absolute Gasteiger partial charge is 0.111 e. The van der Waals surface area contributed by atoms with E-state index in [2.05, 4.69) is 53.1 Å². The molecule has 0 spiro atoms. The van der Waals surface area contributed by atoms with Crippen LogP contribution in [0.25, 0.3) is 11.0 Å². The standard InChI is InChI=1S/C17H20N4/c1-3-19-15(13-7-6-10-18-12-13)11-17-20-14-8-4-5-9-16(14)21(17)2/h4-10,12,15,19H,3,11H2,1-2H3. The molecule has 108 valence electrons. The summed E-state index contributed by atoms with van der Waals surface area (Å²) in [5.74, 6) is 1.09. The second-order valence-electron chi connectivity index (χ2n) is 5.18. The molecule has 2 aromatic heterocycles. The van der Waals surface area contributed by atoms with E-state index in [9.17, 15) is 0 Å². The van der Waals surface area contributed by atoms with Crippen LogP contribution in [0.4, 0.5) is 0 Å². The van der Waals surface area contributed by atoms with Crippen LogP contribution in [0.3, 0.4) is 0 Å². The Morgan fingerprint density at radius 2 is 2.05 bits per heavy atom. The van der Waals surface area contributed by atoms with Crippen molar-refractivity contribution in [3.05, 3.63) is 60.2 Å². The van der Waals surface area contributed by atoms with Gasteiger partial charge in [0.15, 0.2) is 0 Å². The number of para-hydroxylation sites is 2. The summed E-state index contributed by atoms with van der Waals surface area (Å²) in [6.07, 6.45) is 4.59. The maximum absolute atomic E-state index is 4.76. The number of aryl methyl sites for hydroxylation is 1. The van der Waals surface area contributed by atoms with E-state index in [1.54, 1.807) is 0 Å². The highest BCUT2D eigenvalue weighted by Gasteiger charge is 2.15. The molecule has 3 rings (SSSR count). The molecule has 0 aliphatic rings. The van der Waals surface area contributed by atoms with Gasteiger partial charge >= 0.3 is 0 Å². The molecule has 0 saturated carbocycles. The van der Waals surface area contributed by atoms with Gasteiger partial charge in [-0.05, 0) is 30.3 Å². The summed E-state index contributed by atoms with van der Waals surface area (Å²) in [6, 6.07) is 12.6. The normalized spacial score (nSPS) is 12.7. The van der Waals surface area contributed by atoms with E-state index < -0.39 is 0 Å². The summed E-state index contributed by atoms with van der Waals surface area (Å²) in [5, 5.41) is 3.53. The van der Waals surface area contributed by atoms with Crippen molar-refractivity contribution in [3.8, 4) is 0 Å². The van der Waals surface area contributed by atoms with Crippen molar-refractivity contribution in [2.24, 2.45) is 7.05 Å². The number of hydrogen-bond donors (Lipinski definition) is 1. The summed E-state index contributed by atoms with van der Waals surface area (Å²) in [5.41, 5.74) is 3.43. The number of fused-ring (bicyclic) bond motifs is 1. The van der Waals surface area contributed by atoms with Crippen LogP contribution < -0.4 is 5.32 Å². The van der Waals surface area contributed by atoms with Gasteiger partial charge in [-0.1, -0.05) is 25.1 Å². The first kappa shape index (κ1) is 13.8. The lowest BCUT2D eigenvalue weighted by atomic mass is 10.1. The highest BCUT2D eigenvalue weighted by atomic mass is 15.1. The monoisotopic (exact) mass is 280 g/mol. The summed E-state index contributed by atoms with van der Waals surface area (Å²) in [4.78, 5) is 8.99. The molecule has 0 saturated heterocycles. The van der Waals surface area contributed by atoms with Gasteiger partial charge < -0.3 is 9.88 Å². The molecule has 0 aliphatic carbocycles. The van der Waals surface area contributed by atoms with Crippen LogP contribution in [0.5, 0.6) is 0 Å². The number of likely N-dealkylation sites (N-methyl/N-ethyl adjacent to an activating group) is 1. The molecule has 0 bridgehead atoms. The predicted octanol–water partition coefficient (Wildman–Crippen LogP) is 2.86. The topological polar surface area (TPSA) is 42.7 Å². The third kappa shape index (κ3) is 2.81. The highest BCUT2D eigenvalue weighted by molar-refractivity contribution is 5.75. The third-order valence-electron chi connectivity index (χ3n) is 3.80. The number of nitrogens with one attached hydrogen (secondary N) is 1. The molecule has 4 nitrogen and oxygen atoms in total. The maximum atomic E-state index is 4.76. The minimum atomic E-state index is 0.235. The maximum Gasteiger partial charge on any atom is 0.111 e. The van der Waals surface area contributed by atoms with E-state index >= 15 is 0 Å². The lowest BCUT2D eigenvalue weighted by molar-refractivity contribution is 0.529. The Labute approximate surface area is 124 Å². The van der Waals surface area contributed by atoms with Gasteiger partial charge in [0.05, 0.1) is 11.0 Å². The molecule has 4 heteroatoms. The number of pyridine rings is 1. The Kier molecular flexibility index (Phi) is 3.97. The highest BCUT2D eigenvalue weighted by Crippen LogP contribution is 2.20. The Balaban J connectivity index is 1.93. The molecule has 0 radical (unpaired) electrons. The minimum absolute atomic E-state index is 0.235. The predicted molar refractivity (Wildman–Crippen MR) is 85.1 cm³/mol. The van der Waals surface area contributed by atoms with Gasteiger partial charge in [-0.25, -0.2) is 4.98 Å². The fourth-order valence-electron chi connectivity index (χ4n) is 2.70. The number of rotatable bonds is 5. The van der Waals surface area contributed by atoms with Gasteiger partial charge in [-0.3, -0.25) is 4.98 Å². The average molecular weight is 280 g/mol. The number of imidazole rings is 1. The molecular weight excluding hydrogens is 260 g/mol. The van der Waals surface area contributed by atoms with Gasteiger partial charge in [0.25, 0.3) is 0 Å². The molecule has 2 heterocycles. The van der Waals surface area contributed by atoms with Crippen molar-refractivity contribution in [2.45, 2.75) is 19.4 Å². The van der Waals surface area contributed by atoms with Crippen LogP contribution in [0, 0.1) is 0 Å². The van der Waals surface area contributed by atoms with Crippen molar-refractivity contribution in [3.63, 3.8) is 0 Å². The second-order valence-corrected chi connectivity index (χ2v) is 5.18. The number of aromatic nitrogens is 3. The molecule has 1 atom stereocenters. The third-order valence-corrected chi connectivity index (χ3v) is 3.80. The molecule has 1 N–H and O–H groups in total. The van der Waals surface area contributed by atoms with Crippen LogP contribution in [-0.2, 0) is 13.5 Å². The van der Waals surface area contributed by atoms with E-state index in [0.29, 0.717) is 0 Å². The van der Waals surface area contributed by atoms with Gasteiger partial charge in [-0.2, -0.15) is 0 Å². The Morgan fingerprint density at radius 3 is 2.76 bits per heavy atom. The van der Waals surface area contributed by atoms with Crippen LogP contribution in [0.2, 0.25) is 0 Å². The molecule has 0 fully saturated rings.